The Balaban J connectivity index is 2.46. The maximum absolute atomic E-state index is 5.82. The summed E-state index contributed by atoms with van der Waals surface area (Å²) >= 11 is 5.82. The van der Waals surface area contributed by atoms with Crippen LogP contribution in [0.4, 0.5) is 0 Å². The van der Waals surface area contributed by atoms with E-state index in [1.165, 1.54) is 4.85 Å². The van der Waals surface area contributed by atoms with Crippen LogP contribution in [0.15, 0.2) is 18.2 Å². The quantitative estimate of drug-likeness (QED) is 0.694. The number of aromatic nitrogens is 3. The van der Waals surface area contributed by atoms with Gasteiger partial charge in [0, 0.05) is 5.02 Å². The first kappa shape index (κ1) is 8.85. The fraction of sp³-hybridized carbons (Fsp3) is 0.111. The van der Waals surface area contributed by atoms with E-state index in [1.54, 1.807) is 18.2 Å². The summed E-state index contributed by atoms with van der Waals surface area (Å²) in [5.74, 6) is 2.34. The lowest BCUT2D eigenvalue weighted by atomic mass is 10.3. The zero-order valence-electron chi connectivity index (χ0n) is 7.14. The minimum absolute atomic E-state index is 0.144. The molecule has 0 saturated carbocycles. The molecule has 0 unspecified atom stereocenters. The van der Waals surface area contributed by atoms with E-state index < -0.39 is 0 Å². The zero-order chi connectivity index (χ0) is 9.97. The Hall–Kier alpha value is -1.73. The largest absolute Gasteiger partial charge is 0.382 e. The van der Waals surface area contributed by atoms with Crippen LogP contribution in [0.2, 0.25) is 5.02 Å². The Morgan fingerprint density at radius 3 is 3.21 bits per heavy atom. The third-order valence-corrected chi connectivity index (χ3v) is 1.88. The van der Waals surface area contributed by atoms with Crippen LogP contribution < -0.4 is 4.84 Å². The second-order valence-corrected chi connectivity index (χ2v) is 3.01. The van der Waals surface area contributed by atoms with Crippen molar-refractivity contribution in [2.24, 2.45) is 0 Å². The molecule has 0 N–H and O–H groups in total. The molecule has 0 aliphatic heterocycles. The fourth-order valence-corrected chi connectivity index (χ4v) is 1.23. The highest BCUT2D eigenvalue weighted by Gasteiger charge is 2.04. The number of rotatable bonds is 2. The minimum Gasteiger partial charge on any atom is -0.382 e. The van der Waals surface area contributed by atoms with E-state index in [2.05, 4.69) is 16.2 Å². The predicted molar refractivity (Wildman–Crippen MR) is 52.8 cm³/mol. The monoisotopic (exact) mass is 207 g/mol. The Kier molecular flexibility index (Phi) is 2.25. The summed E-state index contributed by atoms with van der Waals surface area (Å²) in [7, 11) is 0. The molecule has 1 aromatic carbocycles. The van der Waals surface area contributed by atoms with Crippen LogP contribution >= 0.6 is 11.6 Å². The number of hydrogen-bond donors (Lipinski definition) is 0. The molecule has 0 amide bonds. The van der Waals surface area contributed by atoms with Crippen LogP contribution in [0, 0.1) is 12.3 Å². The molecule has 0 radical (unpaired) electrons. The number of nitrogens with zero attached hydrogens (tertiary/aromatic N) is 3. The molecular formula is C9H6ClN3O. The number of hydrogen-bond acceptors (Lipinski definition) is 3. The molecule has 14 heavy (non-hydrogen) atoms. The summed E-state index contributed by atoms with van der Waals surface area (Å²) in [4.78, 5) is 6.38. The topological polar surface area (TPSA) is 39.9 Å². The first-order chi connectivity index (χ1) is 6.81. The van der Waals surface area contributed by atoms with E-state index in [9.17, 15) is 0 Å². The molecule has 70 valence electrons. The smallest absolute Gasteiger partial charge is 0.177 e. The van der Waals surface area contributed by atoms with E-state index in [0.29, 0.717) is 16.1 Å². The standard InChI is InChI=1S/C9H6ClN3O/c1-2-5-14-13-9-6-7(10)3-4-8(9)11-12-13/h1,3-4,6H,5H2. The molecule has 0 aliphatic carbocycles. The van der Waals surface area contributed by atoms with Gasteiger partial charge in [0.2, 0.25) is 0 Å². The summed E-state index contributed by atoms with van der Waals surface area (Å²) in [6.45, 7) is 0.144. The van der Waals surface area contributed by atoms with Gasteiger partial charge in [0.1, 0.15) is 11.0 Å². The third-order valence-electron chi connectivity index (χ3n) is 1.65. The van der Waals surface area contributed by atoms with Crippen molar-refractivity contribution in [3.05, 3.63) is 23.2 Å². The van der Waals surface area contributed by atoms with Crippen molar-refractivity contribution in [3.63, 3.8) is 0 Å². The molecule has 1 heterocycles. The highest BCUT2D eigenvalue weighted by molar-refractivity contribution is 6.31. The fourth-order valence-electron chi connectivity index (χ4n) is 1.07. The van der Waals surface area contributed by atoms with Crippen molar-refractivity contribution >= 4 is 22.6 Å². The van der Waals surface area contributed by atoms with Crippen molar-refractivity contribution < 1.29 is 4.84 Å². The van der Waals surface area contributed by atoms with E-state index in [0.717, 1.165) is 0 Å². The van der Waals surface area contributed by atoms with Crippen LogP contribution in [0.25, 0.3) is 11.0 Å². The SMILES string of the molecule is C#CCOn1nnc2ccc(Cl)cc21. The van der Waals surface area contributed by atoms with E-state index in [-0.39, 0.29) is 6.61 Å². The van der Waals surface area contributed by atoms with E-state index in [4.69, 9.17) is 22.9 Å². The molecule has 0 bridgehead atoms. The molecule has 0 fully saturated rings. The summed E-state index contributed by atoms with van der Waals surface area (Å²) < 4.78 is 0. The Labute approximate surface area is 85.4 Å². The highest BCUT2D eigenvalue weighted by atomic mass is 35.5. The van der Waals surface area contributed by atoms with Crippen LogP contribution in [-0.2, 0) is 0 Å². The van der Waals surface area contributed by atoms with Gasteiger partial charge in [-0.1, -0.05) is 22.4 Å². The van der Waals surface area contributed by atoms with E-state index in [1.807, 2.05) is 0 Å². The molecule has 0 aliphatic rings. The molecular weight excluding hydrogens is 202 g/mol. The molecule has 5 heteroatoms. The Morgan fingerprint density at radius 2 is 2.43 bits per heavy atom. The van der Waals surface area contributed by atoms with Gasteiger partial charge in [0.15, 0.2) is 6.61 Å². The maximum atomic E-state index is 5.82. The van der Waals surface area contributed by atoms with Crippen molar-refractivity contribution in [1.82, 2.24) is 15.2 Å². The van der Waals surface area contributed by atoms with Gasteiger partial charge in [-0.3, -0.25) is 0 Å². The van der Waals surface area contributed by atoms with Gasteiger partial charge in [-0.25, -0.2) is 0 Å². The number of fused-ring (bicyclic) bond motifs is 1. The highest BCUT2D eigenvalue weighted by Crippen LogP contribution is 2.16. The molecule has 0 spiro atoms. The third kappa shape index (κ3) is 1.50. The minimum atomic E-state index is 0.144. The average Bonchev–Trinajstić information content (AvgIpc) is 2.57. The zero-order valence-corrected chi connectivity index (χ0v) is 7.90. The van der Waals surface area contributed by atoms with Gasteiger partial charge in [0.05, 0.1) is 0 Å². The maximum Gasteiger partial charge on any atom is 0.177 e. The van der Waals surface area contributed by atoms with Gasteiger partial charge in [0.25, 0.3) is 0 Å². The van der Waals surface area contributed by atoms with Crippen LogP contribution in [-0.4, -0.2) is 21.8 Å². The first-order valence-corrected chi connectivity index (χ1v) is 4.27. The summed E-state index contributed by atoms with van der Waals surface area (Å²) in [5.41, 5.74) is 1.42. The predicted octanol–water partition coefficient (Wildman–Crippen LogP) is 1.15. The van der Waals surface area contributed by atoms with Crippen LogP contribution in [0.1, 0.15) is 0 Å². The number of terminal acetylenes is 1. The lowest BCUT2D eigenvalue weighted by Gasteiger charge is -2.00. The van der Waals surface area contributed by atoms with Gasteiger partial charge in [-0.05, 0) is 23.4 Å². The Morgan fingerprint density at radius 1 is 1.57 bits per heavy atom. The van der Waals surface area contributed by atoms with Crippen molar-refractivity contribution in [2.45, 2.75) is 0 Å². The second-order valence-electron chi connectivity index (χ2n) is 2.57. The van der Waals surface area contributed by atoms with Crippen LogP contribution in [0.5, 0.6) is 0 Å². The Bertz CT molecular complexity index is 500. The number of halogens is 1. The average molecular weight is 208 g/mol. The molecule has 0 saturated heterocycles. The second kappa shape index (κ2) is 3.56. The molecule has 0 atom stereocenters. The van der Waals surface area contributed by atoms with Gasteiger partial charge < -0.3 is 4.84 Å². The summed E-state index contributed by atoms with van der Waals surface area (Å²) in [6.07, 6.45) is 5.06. The molecule has 2 aromatic rings. The van der Waals surface area contributed by atoms with Gasteiger partial charge in [-0.2, -0.15) is 0 Å². The van der Waals surface area contributed by atoms with Gasteiger partial charge >= 0.3 is 0 Å². The van der Waals surface area contributed by atoms with Gasteiger partial charge in [-0.15, -0.1) is 11.5 Å². The molecule has 1 aromatic heterocycles. The molecule has 2 rings (SSSR count). The van der Waals surface area contributed by atoms with Crippen molar-refractivity contribution in [3.8, 4) is 12.3 Å². The normalized spacial score (nSPS) is 10.0. The van der Waals surface area contributed by atoms with Crippen molar-refractivity contribution in [2.75, 3.05) is 6.61 Å². The van der Waals surface area contributed by atoms with Crippen LogP contribution in [0.3, 0.4) is 0 Å². The lowest BCUT2D eigenvalue weighted by molar-refractivity contribution is 0.114. The van der Waals surface area contributed by atoms with Crippen molar-refractivity contribution in [1.29, 1.82) is 0 Å². The first-order valence-electron chi connectivity index (χ1n) is 3.89. The summed E-state index contributed by atoms with van der Waals surface area (Å²) in [5, 5.41) is 8.24. The lowest BCUT2D eigenvalue weighted by Crippen LogP contribution is -2.12. The number of benzene rings is 1. The van der Waals surface area contributed by atoms with E-state index >= 15 is 0 Å². The summed E-state index contributed by atoms with van der Waals surface area (Å²) in [6, 6.07) is 5.22. The molecule has 4 nitrogen and oxygen atoms in total.